The molecular weight excluding hydrogens is 351 g/mol. The molecule has 4 nitrogen and oxygen atoms in total. The Kier molecular flexibility index (Phi) is 4.54. The normalized spacial score (nSPS) is 20.7. The molecule has 1 saturated carbocycles. The van der Waals surface area contributed by atoms with Crippen molar-refractivity contribution in [2.75, 3.05) is 0 Å². The van der Waals surface area contributed by atoms with Crippen LogP contribution in [0.1, 0.15) is 35.0 Å². The van der Waals surface area contributed by atoms with Crippen LogP contribution in [-0.4, -0.2) is 22.1 Å². The zero-order chi connectivity index (χ0) is 18.3. The molecule has 6 heteroatoms. The van der Waals surface area contributed by atoms with Crippen molar-refractivity contribution < 1.29 is 14.3 Å². The average Bonchev–Trinajstić information content (AvgIpc) is 3.20. The number of carbonyl (C=O) groups excluding carboxylic acids is 1. The van der Waals surface area contributed by atoms with Crippen molar-refractivity contribution in [3.05, 3.63) is 57.7 Å². The topological polar surface area (TPSA) is 65.1 Å². The number of carbonyl (C=O) groups is 1. The lowest BCUT2D eigenvalue weighted by Crippen LogP contribution is -2.41. The molecule has 0 aliphatic heterocycles. The molecule has 1 aliphatic carbocycles. The summed E-state index contributed by atoms with van der Waals surface area (Å²) >= 11 is 1.62. The minimum atomic E-state index is -0.307. The minimum absolute atomic E-state index is 0.0758. The molecule has 3 aromatic rings. The summed E-state index contributed by atoms with van der Waals surface area (Å²) in [4.78, 5) is 17.1. The van der Waals surface area contributed by atoms with Gasteiger partial charge in [0.2, 0.25) is 5.91 Å². The molecule has 1 amide bonds. The van der Waals surface area contributed by atoms with Crippen LogP contribution in [0.3, 0.4) is 0 Å². The zero-order valence-electron chi connectivity index (χ0n) is 14.5. The predicted octanol–water partition coefficient (Wildman–Crippen LogP) is 3.85. The second kappa shape index (κ2) is 6.85. The molecule has 1 aliphatic rings. The van der Waals surface area contributed by atoms with Gasteiger partial charge in [-0.25, -0.2) is 4.39 Å². The Bertz CT molecular complexity index is 929. The Morgan fingerprint density at radius 3 is 2.92 bits per heavy atom. The van der Waals surface area contributed by atoms with Crippen molar-refractivity contribution in [2.24, 2.45) is 5.92 Å². The lowest BCUT2D eigenvalue weighted by atomic mass is 9.76. The van der Waals surface area contributed by atoms with Crippen molar-refractivity contribution in [3.63, 3.8) is 0 Å². The van der Waals surface area contributed by atoms with Crippen LogP contribution in [-0.2, 0) is 11.2 Å². The van der Waals surface area contributed by atoms with Crippen LogP contribution in [0.15, 0.2) is 35.7 Å². The van der Waals surface area contributed by atoms with Crippen LogP contribution >= 0.6 is 11.3 Å². The highest BCUT2D eigenvalue weighted by molar-refractivity contribution is 7.10. The molecule has 4 rings (SSSR count). The number of fused-ring (bicyclic) bond motifs is 1. The average molecular weight is 372 g/mol. The maximum atomic E-state index is 13.6. The molecule has 0 bridgehead atoms. The van der Waals surface area contributed by atoms with Crippen molar-refractivity contribution in [2.45, 2.75) is 38.3 Å². The Hall–Kier alpha value is -2.18. The molecule has 1 atom stereocenters. The van der Waals surface area contributed by atoms with E-state index in [1.165, 1.54) is 12.1 Å². The van der Waals surface area contributed by atoms with E-state index >= 15 is 0 Å². The fourth-order valence-electron chi connectivity index (χ4n) is 3.76. The first-order valence-corrected chi connectivity index (χ1v) is 9.66. The van der Waals surface area contributed by atoms with E-state index < -0.39 is 0 Å². The number of aryl methyl sites for hydroxylation is 1. The number of aromatic amines is 1. The van der Waals surface area contributed by atoms with Gasteiger partial charge in [-0.05, 0) is 60.9 Å². The van der Waals surface area contributed by atoms with E-state index in [2.05, 4.69) is 10.3 Å². The smallest absolute Gasteiger partial charge is 0.225 e. The van der Waals surface area contributed by atoms with Gasteiger partial charge in [-0.15, -0.1) is 11.3 Å². The Morgan fingerprint density at radius 1 is 1.42 bits per heavy atom. The fourth-order valence-corrected chi connectivity index (χ4v) is 4.63. The molecule has 1 fully saturated rings. The van der Waals surface area contributed by atoms with Crippen molar-refractivity contribution in [1.82, 2.24) is 10.3 Å². The van der Waals surface area contributed by atoms with Gasteiger partial charge in [0.15, 0.2) is 0 Å². The Labute approximate surface area is 155 Å². The minimum Gasteiger partial charge on any atom is -0.393 e. The van der Waals surface area contributed by atoms with Gasteiger partial charge >= 0.3 is 0 Å². The summed E-state index contributed by atoms with van der Waals surface area (Å²) in [7, 11) is 0. The number of hydrogen-bond donors (Lipinski definition) is 3. The van der Waals surface area contributed by atoms with E-state index in [9.17, 15) is 14.3 Å². The number of thiophene rings is 1. The third-order valence-corrected chi connectivity index (χ3v) is 6.16. The number of hydrogen-bond acceptors (Lipinski definition) is 3. The zero-order valence-corrected chi connectivity index (χ0v) is 15.3. The van der Waals surface area contributed by atoms with Crippen molar-refractivity contribution in [3.8, 4) is 0 Å². The first-order valence-electron chi connectivity index (χ1n) is 8.79. The number of nitrogens with one attached hydrogen (secondary N) is 2. The summed E-state index contributed by atoms with van der Waals surface area (Å²) in [5.41, 5.74) is 2.55. The lowest BCUT2D eigenvalue weighted by Gasteiger charge is -2.37. The summed E-state index contributed by atoms with van der Waals surface area (Å²) in [6.07, 6.45) is 1.35. The van der Waals surface area contributed by atoms with Gasteiger partial charge in [0, 0.05) is 21.5 Å². The number of aliphatic hydroxyl groups excluding tert-OH is 1. The second-order valence-corrected chi connectivity index (χ2v) is 8.02. The third kappa shape index (κ3) is 3.27. The predicted molar refractivity (Wildman–Crippen MR) is 101 cm³/mol. The SMILES string of the molecule is Cc1[nH]c2ccc(F)cc2c1CC(=O)N[C@@H](c1cccs1)C1CC(O)C1. The highest BCUT2D eigenvalue weighted by Gasteiger charge is 2.36. The van der Waals surface area contributed by atoms with Crippen LogP contribution < -0.4 is 5.32 Å². The molecule has 0 saturated heterocycles. The summed E-state index contributed by atoms with van der Waals surface area (Å²) in [5, 5.41) is 15.5. The van der Waals surface area contributed by atoms with Crippen molar-refractivity contribution in [1.29, 1.82) is 0 Å². The number of halogens is 1. The Balaban J connectivity index is 1.54. The number of H-pyrrole nitrogens is 1. The monoisotopic (exact) mass is 372 g/mol. The molecule has 136 valence electrons. The molecular formula is C20H21FN2O2S. The molecule has 0 spiro atoms. The van der Waals surface area contributed by atoms with Gasteiger partial charge in [-0.2, -0.15) is 0 Å². The van der Waals surface area contributed by atoms with Gasteiger partial charge in [0.1, 0.15) is 5.82 Å². The first kappa shape index (κ1) is 17.2. The molecule has 1 aromatic carbocycles. The highest BCUT2D eigenvalue weighted by Crippen LogP contribution is 2.39. The number of benzene rings is 1. The third-order valence-electron chi connectivity index (χ3n) is 5.21. The van der Waals surface area contributed by atoms with Crippen LogP contribution in [0.25, 0.3) is 10.9 Å². The molecule has 3 N–H and O–H groups in total. The van der Waals surface area contributed by atoms with Gasteiger partial charge < -0.3 is 15.4 Å². The number of aliphatic hydroxyl groups is 1. The lowest BCUT2D eigenvalue weighted by molar-refractivity contribution is -0.122. The molecule has 2 heterocycles. The van der Waals surface area contributed by atoms with Crippen LogP contribution in [0.5, 0.6) is 0 Å². The van der Waals surface area contributed by atoms with Crippen molar-refractivity contribution >= 4 is 28.1 Å². The van der Waals surface area contributed by atoms with Crippen LogP contribution in [0.4, 0.5) is 4.39 Å². The Morgan fingerprint density at radius 2 is 2.23 bits per heavy atom. The first-order chi connectivity index (χ1) is 12.5. The maximum Gasteiger partial charge on any atom is 0.225 e. The number of rotatable bonds is 5. The quantitative estimate of drug-likeness (QED) is 0.637. The second-order valence-electron chi connectivity index (χ2n) is 7.04. The maximum absolute atomic E-state index is 13.6. The largest absolute Gasteiger partial charge is 0.393 e. The van der Waals surface area contributed by atoms with Crippen LogP contribution in [0, 0.1) is 18.7 Å². The van der Waals surface area contributed by atoms with E-state index in [0.29, 0.717) is 12.8 Å². The molecule has 0 unspecified atom stereocenters. The standard InChI is InChI=1S/C20H21FN2O2S/c1-11-15(16-9-13(21)4-5-17(16)22-11)10-19(25)23-20(12-7-14(24)8-12)18-3-2-6-26-18/h2-6,9,12,14,20,22,24H,7-8,10H2,1H3,(H,23,25)/t12?,14?,20-/m1/s1. The number of amides is 1. The van der Waals surface area contributed by atoms with Crippen LogP contribution in [0.2, 0.25) is 0 Å². The summed E-state index contributed by atoms with van der Waals surface area (Å²) in [6, 6.07) is 8.50. The summed E-state index contributed by atoms with van der Waals surface area (Å²) in [6.45, 7) is 1.90. The summed E-state index contributed by atoms with van der Waals surface area (Å²) in [5.74, 6) is -0.134. The molecule has 0 radical (unpaired) electrons. The van der Waals surface area contributed by atoms with E-state index in [1.54, 1.807) is 17.4 Å². The van der Waals surface area contributed by atoms with Gasteiger partial charge in [-0.1, -0.05) is 6.07 Å². The highest BCUT2D eigenvalue weighted by atomic mass is 32.1. The van der Waals surface area contributed by atoms with E-state index in [0.717, 1.165) is 27.0 Å². The fraction of sp³-hybridized carbons (Fsp3) is 0.350. The molecule has 26 heavy (non-hydrogen) atoms. The van der Waals surface area contributed by atoms with E-state index in [-0.39, 0.29) is 36.2 Å². The van der Waals surface area contributed by atoms with Gasteiger partial charge in [-0.3, -0.25) is 4.79 Å². The number of aromatic nitrogens is 1. The van der Waals surface area contributed by atoms with E-state index in [1.807, 2.05) is 24.4 Å². The van der Waals surface area contributed by atoms with E-state index in [4.69, 9.17) is 0 Å². The van der Waals surface area contributed by atoms with Gasteiger partial charge in [0.05, 0.1) is 18.6 Å². The summed E-state index contributed by atoms with van der Waals surface area (Å²) < 4.78 is 13.6. The molecule has 2 aromatic heterocycles. The van der Waals surface area contributed by atoms with Gasteiger partial charge in [0.25, 0.3) is 0 Å².